The highest BCUT2D eigenvalue weighted by atomic mass is 32.1. The minimum absolute atomic E-state index is 0.897. The minimum Gasteiger partial charge on any atom is -0.455 e. The molecule has 2 aromatic heterocycles. The van der Waals surface area contributed by atoms with Gasteiger partial charge in [-0.2, -0.15) is 0 Å². The molecule has 0 atom stereocenters. The maximum atomic E-state index is 6.74. The summed E-state index contributed by atoms with van der Waals surface area (Å²) >= 11 is 1.85. The van der Waals surface area contributed by atoms with E-state index >= 15 is 0 Å². The van der Waals surface area contributed by atoms with Crippen molar-refractivity contribution in [2.75, 3.05) is 4.90 Å². The summed E-state index contributed by atoms with van der Waals surface area (Å²) < 4.78 is 8.02. The van der Waals surface area contributed by atoms with Crippen LogP contribution in [0.15, 0.2) is 169 Å². The number of aryl methyl sites for hydroxylation is 1. The first kappa shape index (κ1) is 30.4. The summed E-state index contributed by atoms with van der Waals surface area (Å²) in [7, 11) is 0. The van der Waals surface area contributed by atoms with Crippen molar-refractivity contribution in [3.8, 4) is 11.1 Å². The number of hydrogen-bond acceptors (Lipinski definition) is 3. The molecule has 6 aromatic carbocycles. The zero-order valence-corrected chi connectivity index (χ0v) is 28.4. The van der Waals surface area contributed by atoms with Crippen molar-refractivity contribution in [2.45, 2.75) is 13.8 Å². The minimum atomic E-state index is 0.897. The van der Waals surface area contributed by atoms with Gasteiger partial charge in [-0.05, 0) is 77.5 Å². The van der Waals surface area contributed by atoms with Crippen molar-refractivity contribution in [2.24, 2.45) is 0 Å². The van der Waals surface area contributed by atoms with Crippen LogP contribution < -0.4 is 4.90 Å². The van der Waals surface area contributed by atoms with E-state index in [2.05, 4.69) is 165 Å². The quantitative estimate of drug-likeness (QED) is 0.152. The van der Waals surface area contributed by atoms with E-state index in [1.807, 2.05) is 29.6 Å². The van der Waals surface area contributed by atoms with Crippen molar-refractivity contribution in [1.29, 1.82) is 0 Å². The number of benzene rings is 6. The summed E-state index contributed by atoms with van der Waals surface area (Å²) in [4.78, 5) is 3.67. The molecule has 3 heteroatoms. The zero-order valence-electron chi connectivity index (χ0n) is 27.6. The fourth-order valence-electron chi connectivity index (χ4n) is 6.82. The average Bonchev–Trinajstić information content (AvgIpc) is 3.68. The number of para-hydroxylation sites is 2. The fourth-order valence-corrected chi connectivity index (χ4v) is 8.10. The van der Waals surface area contributed by atoms with Crippen molar-refractivity contribution < 1.29 is 4.42 Å². The predicted molar refractivity (Wildman–Crippen MR) is 214 cm³/mol. The number of nitrogens with zero attached hydrogens (tertiary/aromatic N) is 1. The van der Waals surface area contributed by atoms with Gasteiger partial charge in [0.15, 0.2) is 0 Å². The van der Waals surface area contributed by atoms with Crippen LogP contribution in [0.25, 0.3) is 65.7 Å². The highest BCUT2D eigenvalue weighted by Gasteiger charge is 2.24. The van der Waals surface area contributed by atoms with Crippen molar-refractivity contribution in [3.63, 3.8) is 0 Å². The molecule has 49 heavy (non-hydrogen) atoms. The van der Waals surface area contributed by atoms with Crippen LogP contribution in [0.1, 0.15) is 22.9 Å². The van der Waals surface area contributed by atoms with Gasteiger partial charge < -0.3 is 9.32 Å². The molecule has 0 unspecified atom stereocenters. The molecule has 0 aliphatic heterocycles. The van der Waals surface area contributed by atoms with Gasteiger partial charge in [-0.3, -0.25) is 0 Å². The molecule has 0 saturated heterocycles. The molecule has 0 spiro atoms. The fraction of sp³-hybridized carbons (Fsp3) is 0.0435. The van der Waals surface area contributed by atoms with Crippen molar-refractivity contribution in [3.05, 3.63) is 180 Å². The smallest absolute Gasteiger partial charge is 0.143 e. The normalized spacial score (nSPS) is 12.3. The van der Waals surface area contributed by atoms with Crippen molar-refractivity contribution in [1.82, 2.24) is 0 Å². The number of hydrogen-bond donors (Lipinski definition) is 0. The molecule has 0 saturated carbocycles. The lowest BCUT2D eigenvalue weighted by Gasteiger charge is -2.30. The summed E-state index contributed by atoms with van der Waals surface area (Å²) in [6.07, 6.45) is 12.1. The molecular formula is C46H35NOS. The molecule has 0 bridgehead atoms. The van der Waals surface area contributed by atoms with E-state index in [9.17, 15) is 0 Å². The third-order valence-corrected chi connectivity index (χ3v) is 10.5. The Balaban J connectivity index is 1.34. The first-order chi connectivity index (χ1) is 24.1. The number of allylic oxidation sites excluding steroid dienone is 5. The Labute approximate surface area is 290 Å². The van der Waals surface area contributed by atoms with Gasteiger partial charge in [-0.1, -0.05) is 134 Å². The van der Waals surface area contributed by atoms with Crippen LogP contribution in [0.4, 0.5) is 11.4 Å². The average molecular weight is 650 g/mol. The summed E-state index contributed by atoms with van der Waals surface area (Å²) in [5.41, 5.74) is 9.70. The molecule has 0 aliphatic carbocycles. The maximum Gasteiger partial charge on any atom is 0.143 e. The summed E-state index contributed by atoms with van der Waals surface area (Å²) in [5.74, 6) is 0. The first-order valence-corrected chi connectivity index (χ1v) is 17.4. The topological polar surface area (TPSA) is 16.4 Å². The van der Waals surface area contributed by atoms with Crippen LogP contribution in [-0.4, -0.2) is 0 Å². The second-order valence-electron chi connectivity index (χ2n) is 12.1. The molecule has 0 fully saturated rings. The lowest BCUT2D eigenvalue weighted by atomic mass is 9.98. The molecule has 2 heterocycles. The number of thiophene rings is 1. The maximum absolute atomic E-state index is 6.74. The van der Waals surface area contributed by atoms with E-state index in [4.69, 9.17) is 4.42 Å². The van der Waals surface area contributed by atoms with Gasteiger partial charge in [0, 0.05) is 32.3 Å². The van der Waals surface area contributed by atoms with Gasteiger partial charge >= 0.3 is 0 Å². The van der Waals surface area contributed by atoms with Gasteiger partial charge in [-0.25, -0.2) is 0 Å². The highest BCUT2D eigenvalue weighted by molar-refractivity contribution is 7.20. The molecule has 0 radical (unpaired) electrons. The molecule has 236 valence electrons. The Morgan fingerprint density at radius 1 is 0.694 bits per heavy atom. The summed E-state index contributed by atoms with van der Waals surface area (Å²) in [6.45, 7) is 8.15. The van der Waals surface area contributed by atoms with Crippen molar-refractivity contribution >= 4 is 77.3 Å². The molecule has 8 rings (SSSR count). The van der Waals surface area contributed by atoms with Crippen LogP contribution in [0, 0.1) is 6.92 Å². The largest absolute Gasteiger partial charge is 0.455 e. The lowest BCUT2D eigenvalue weighted by molar-refractivity contribution is 0.670. The van der Waals surface area contributed by atoms with Gasteiger partial charge in [0.25, 0.3) is 0 Å². The molecule has 0 amide bonds. The van der Waals surface area contributed by atoms with Gasteiger partial charge in [0.1, 0.15) is 11.2 Å². The third-order valence-electron chi connectivity index (χ3n) is 9.19. The van der Waals surface area contributed by atoms with E-state index < -0.39 is 0 Å². The monoisotopic (exact) mass is 649 g/mol. The Morgan fingerprint density at radius 3 is 2.20 bits per heavy atom. The Kier molecular flexibility index (Phi) is 8.04. The predicted octanol–water partition coefficient (Wildman–Crippen LogP) is 13.9. The summed E-state index contributed by atoms with van der Waals surface area (Å²) in [5, 5.41) is 5.93. The van der Waals surface area contributed by atoms with E-state index in [1.54, 1.807) is 6.08 Å². The number of furan rings is 1. The summed E-state index contributed by atoms with van der Waals surface area (Å²) in [6, 6.07) is 45.6. The number of anilines is 2. The molecule has 0 N–H and O–H groups in total. The Morgan fingerprint density at radius 2 is 1.41 bits per heavy atom. The Bertz CT molecular complexity index is 2590. The first-order valence-electron chi connectivity index (χ1n) is 16.6. The second-order valence-corrected chi connectivity index (χ2v) is 13.2. The van der Waals surface area contributed by atoms with E-state index in [1.165, 1.54) is 31.3 Å². The molecular weight excluding hydrogens is 615 g/mol. The second kappa shape index (κ2) is 13.0. The van der Waals surface area contributed by atoms with E-state index in [-0.39, 0.29) is 0 Å². The molecule has 2 nitrogen and oxygen atoms in total. The van der Waals surface area contributed by atoms with Crippen LogP contribution in [0.3, 0.4) is 0 Å². The third kappa shape index (κ3) is 5.48. The SMILES string of the molecule is C=C/C=C\C=C\c1ccc(N(/C(=C/C)c2sc3ccccc3c2C)c2ccccc2-c2cccc3c2oc2cc4ccccc4cc23)cc1. The molecule has 8 aromatic rings. The van der Waals surface area contributed by atoms with Gasteiger partial charge in [0.2, 0.25) is 0 Å². The molecule has 0 aliphatic rings. The highest BCUT2D eigenvalue weighted by Crippen LogP contribution is 2.46. The van der Waals surface area contributed by atoms with Crippen LogP contribution in [-0.2, 0) is 0 Å². The lowest BCUT2D eigenvalue weighted by Crippen LogP contribution is -2.16. The van der Waals surface area contributed by atoms with Crippen LogP contribution in [0.2, 0.25) is 0 Å². The zero-order chi connectivity index (χ0) is 33.3. The number of fused-ring (bicyclic) bond motifs is 5. The van der Waals surface area contributed by atoms with Gasteiger partial charge in [-0.15, -0.1) is 11.3 Å². The van der Waals surface area contributed by atoms with E-state index in [0.717, 1.165) is 55.7 Å². The van der Waals surface area contributed by atoms with Gasteiger partial charge in [0.05, 0.1) is 16.3 Å². The standard InChI is InChI=1S/C46H35NOS/c1-4-6-7-8-16-32-25-27-35(28-26-32)47(41(5-2)46-31(3)36-19-12-14-24-44(36)49-46)42-23-13-11-20-37(42)38-21-15-22-39-40-29-33-17-9-10-18-34(33)30-43(40)48-45(38)39/h4-30H,1H2,2-3H3/b7-6-,16-8+,41-5+. The van der Waals surface area contributed by atoms with E-state index in [0.29, 0.717) is 0 Å². The van der Waals surface area contributed by atoms with Crippen LogP contribution >= 0.6 is 11.3 Å². The number of rotatable bonds is 8. The van der Waals surface area contributed by atoms with Crippen LogP contribution in [0.5, 0.6) is 0 Å². The Hall–Kier alpha value is -5.90.